The van der Waals surface area contributed by atoms with Crippen LogP contribution in [0, 0.1) is 11.7 Å². The van der Waals surface area contributed by atoms with Gasteiger partial charge in [0.05, 0.1) is 18.4 Å². The first-order valence-corrected chi connectivity index (χ1v) is 10.1. The van der Waals surface area contributed by atoms with Gasteiger partial charge in [0.15, 0.2) is 5.82 Å². The Morgan fingerprint density at radius 3 is 2.93 bits per heavy atom. The zero-order valence-corrected chi connectivity index (χ0v) is 16.9. The Morgan fingerprint density at radius 1 is 1.30 bits per heavy atom. The highest BCUT2D eigenvalue weighted by Crippen LogP contribution is 2.17. The van der Waals surface area contributed by atoms with Gasteiger partial charge in [-0.25, -0.2) is 13.8 Å². The second kappa shape index (κ2) is 9.12. The maximum atomic E-state index is 13.4. The van der Waals surface area contributed by atoms with Crippen LogP contribution in [0.4, 0.5) is 4.39 Å². The topological polar surface area (TPSA) is 93.8 Å². The number of hydrogen-bond acceptors (Lipinski definition) is 6. The molecule has 1 aliphatic rings. The number of halogens is 1. The highest BCUT2D eigenvalue weighted by atomic mass is 19.1. The van der Waals surface area contributed by atoms with Gasteiger partial charge in [-0.3, -0.25) is 9.69 Å². The fraction of sp³-hybridized carbons (Fsp3) is 0.450. The summed E-state index contributed by atoms with van der Waals surface area (Å²) < 4.78 is 16.5. The van der Waals surface area contributed by atoms with Crippen LogP contribution in [0.15, 0.2) is 36.7 Å². The van der Waals surface area contributed by atoms with E-state index < -0.39 is 0 Å². The number of rotatable bonds is 7. The lowest BCUT2D eigenvalue weighted by Gasteiger charge is -2.29. The smallest absolute Gasteiger partial charge is 0.242 e. The predicted molar refractivity (Wildman–Crippen MR) is 107 cm³/mol. The number of tetrazole rings is 1. The van der Waals surface area contributed by atoms with Gasteiger partial charge in [-0.1, -0.05) is 13.0 Å². The van der Waals surface area contributed by atoms with Crippen LogP contribution in [0.5, 0.6) is 0 Å². The second-order valence-electron chi connectivity index (χ2n) is 7.76. The summed E-state index contributed by atoms with van der Waals surface area (Å²) in [5, 5.41) is 18.8. The van der Waals surface area contributed by atoms with Crippen molar-refractivity contribution in [2.24, 2.45) is 5.92 Å². The lowest BCUT2D eigenvalue weighted by molar-refractivity contribution is -0.122. The number of amides is 1. The molecule has 1 saturated heterocycles. The van der Waals surface area contributed by atoms with Crippen LogP contribution in [-0.4, -0.2) is 53.9 Å². The highest BCUT2D eigenvalue weighted by Gasteiger charge is 2.19. The van der Waals surface area contributed by atoms with Crippen molar-refractivity contribution < 1.29 is 9.18 Å². The maximum Gasteiger partial charge on any atom is 0.242 e. The van der Waals surface area contributed by atoms with Crippen LogP contribution < -0.4 is 5.32 Å². The summed E-state index contributed by atoms with van der Waals surface area (Å²) in [6.45, 7) is 5.34. The van der Waals surface area contributed by atoms with Crippen molar-refractivity contribution in [2.75, 3.05) is 13.1 Å². The maximum absolute atomic E-state index is 13.4. The van der Waals surface area contributed by atoms with Gasteiger partial charge in [-0.15, -0.1) is 5.10 Å². The molecule has 1 fully saturated rings. The van der Waals surface area contributed by atoms with Gasteiger partial charge in [0, 0.05) is 18.3 Å². The number of benzene rings is 1. The molecule has 10 heteroatoms. The number of hydrogen-bond donors (Lipinski definition) is 1. The van der Waals surface area contributed by atoms with E-state index in [0.717, 1.165) is 24.6 Å². The molecule has 0 bridgehead atoms. The minimum atomic E-state index is -0.325. The van der Waals surface area contributed by atoms with Crippen molar-refractivity contribution in [3.63, 3.8) is 0 Å². The Hall–Kier alpha value is -3.14. The summed E-state index contributed by atoms with van der Waals surface area (Å²) >= 11 is 0. The largest absolute Gasteiger partial charge is 0.350 e. The first-order chi connectivity index (χ1) is 14.6. The Labute approximate surface area is 173 Å². The normalized spacial score (nSPS) is 15.4. The van der Waals surface area contributed by atoms with Gasteiger partial charge in [-0.05, 0) is 60.5 Å². The molecular weight excluding hydrogens is 387 g/mol. The van der Waals surface area contributed by atoms with Gasteiger partial charge >= 0.3 is 0 Å². The van der Waals surface area contributed by atoms with Crippen molar-refractivity contribution in [3.05, 3.63) is 53.9 Å². The predicted octanol–water partition coefficient (Wildman–Crippen LogP) is 1.55. The standard InChI is InChI=1S/C20H25FN8O/c1-15-5-7-27(8-6-15)13-19-24-25-26-29(19)14-20(30)22-10-16-11-23-28(12-16)18-4-2-3-17(21)9-18/h2-4,9,11-12,15H,5-8,10,13-14H2,1H3,(H,22,30). The molecule has 0 saturated carbocycles. The molecule has 0 spiro atoms. The van der Waals surface area contributed by atoms with Crippen LogP contribution in [0.1, 0.15) is 31.2 Å². The van der Waals surface area contributed by atoms with Crippen LogP contribution in [0.3, 0.4) is 0 Å². The average Bonchev–Trinajstić information content (AvgIpc) is 3.38. The molecule has 2 aromatic heterocycles. The molecule has 0 atom stereocenters. The Bertz CT molecular complexity index is 992. The quantitative estimate of drug-likeness (QED) is 0.633. The van der Waals surface area contributed by atoms with Gasteiger partial charge in [0.1, 0.15) is 12.4 Å². The van der Waals surface area contributed by atoms with Crippen LogP contribution >= 0.6 is 0 Å². The van der Waals surface area contributed by atoms with Crippen molar-refractivity contribution >= 4 is 5.91 Å². The number of nitrogens with one attached hydrogen (secondary N) is 1. The van der Waals surface area contributed by atoms with E-state index in [1.165, 1.54) is 25.0 Å². The van der Waals surface area contributed by atoms with E-state index in [9.17, 15) is 9.18 Å². The van der Waals surface area contributed by atoms with E-state index in [0.29, 0.717) is 24.6 Å². The summed E-state index contributed by atoms with van der Waals surface area (Å²) in [7, 11) is 0. The van der Waals surface area contributed by atoms with Crippen molar-refractivity contribution in [2.45, 2.75) is 39.4 Å². The molecule has 3 heterocycles. The molecule has 9 nitrogen and oxygen atoms in total. The van der Waals surface area contributed by atoms with Crippen molar-refractivity contribution in [1.82, 2.24) is 40.2 Å². The first kappa shape index (κ1) is 20.1. The molecule has 0 radical (unpaired) electrons. The molecule has 0 aliphatic carbocycles. The Kier molecular flexibility index (Phi) is 6.12. The Morgan fingerprint density at radius 2 is 2.13 bits per heavy atom. The minimum absolute atomic E-state index is 0.0601. The van der Waals surface area contributed by atoms with Crippen LogP contribution in [0.2, 0.25) is 0 Å². The second-order valence-corrected chi connectivity index (χ2v) is 7.76. The molecule has 0 unspecified atom stereocenters. The fourth-order valence-corrected chi connectivity index (χ4v) is 3.48. The summed E-state index contributed by atoms with van der Waals surface area (Å²) in [5.74, 6) is 0.940. The summed E-state index contributed by atoms with van der Waals surface area (Å²) in [6.07, 6.45) is 5.75. The molecule has 3 aromatic rings. The van der Waals surface area contributed by atoms with E-state index >= 15 is 0 Å². The summed E-state index contributed by atoms with van der Waals surface area (Å²) in [6, 6.07) is 6.17. The van der Waals surface area contributed by atoms with Crippen LogP contribution in [0.25, 0.3) is 5.69 Å². The molecule has 1 aliphatic heterocycles. The molecule has 1 N–H and O–H groups in total. The third-order valence-corrected chi connectivity index (χ3v) is 5.34. The first-order valence-electron chi connectivity index (χ1n) is 10.1. The number of aromatic nitrogens is 6. The highest BCUT2D eigenvalue weighted by molar-refractivity contribution is 5.75. The molecule has 4 rings (SSSR count). The van der Waals surface area contributed by atoms with E-state index in [4.69, 9.17) is 0 Å². The summed E-state index contributed by atoms with van der Waals surface area (Å²) in [4.78, 5) is 14.7. The molecular formula is C20H25FN8O. The van der Waals surface area contributed by atoms with Crippen molar-refractivity contribution in [3.8, 4) is 5.69 Å². The molecule has 158 valence electrons. The fourth-order valence-electron chi connectivity index (χ4n) is 3.48. The van der Waals surface area contributed by atoms with Gasteiger partial charge in [-0.2, -0.15) is 5.10 Å². The van der Waals surface area contributed by atoms with E-state index in [2.05, 4.69) is 37.8 Å². The molecule has 1 aromatic carbocycles. The van der Waals surface area contributed by atoms with E-state index in [1.54, 1.807) is 33.9 Å². The van der Waals surface area contributed by atoms with Gasteiger partial charge < -0.3 is 5.32 Å². The van der Waals surface area contributed by atoms with Gasteiger partial charge in [0.2, 0.25) is 5.91 Å². The third kappa shape index (κ3) is 5.07. The SMILES string of the molecule is CC1CCN(Cc2nnnn2CC(=O)NCc2cnn(-c3cccc(F)c3)c2)CC1. The van der Waals surface area contributed by atoms with E-state index in [-0.39, 0.29) is 18.3 Å². The van der Waals surface area contributed by atoms with Crippen LogP contribution in [-0.2, 0) is 24.4 Å². The Balaban J connectivity index is 1.29. The number of piperidine rings is 1. The monoisotopic (exact) mass is 412 g/mol. The number of nitrogens with zero attached hydrogens (tertiary/aromatic N) is 7. The number of carbonyl (C=O) groups excluding carboxylic acids is 1. The zero-order chi connectivity index (χ0) is 20.9. The summed E-state index contributed by atoms with van der Waals surface area (Å²) in [5.41, 5.74) is 1.44. The zero-order valence-electron chi connectivity index (χ0n) is 16.9. The lowest BCUT2D eigenvalue weighted by Crippen LogP contribution is -2.34. The average molecular weight is 412 g/mol. The van der Waals surface area contributed by atoms with Gasteiger partial charge in [0.25, 0.3) is 0 Å². The minimum Gasteiger partial charge on any atom is -0.350 e. The number of carbonyl (C=O) groups is 1. The number of likely N-dealkylation sites (tertiary alicyclic amines) is 1. The third-order valence-electron chi connectivity index (χ3n) is 5.34. The molecule has 1 amide bonds. The lowest BCUT2D eigenvalue weighted by atomic mass is 9.99. The van der Waals surface area contributed by atoms with E-state index in [1.807, 2.05) is 0 Å². The van der Waals surface area contributed by atoms with Crippen molar-refractivity contribution in [1.29, 1.82) is 0 Å². The molecule has 30 heavy (non-hydrogen) atoms.